The number of hydrogen-bond donors (Lipinski definition) is 2. The maximum absolute atomic E-state index is 10.00. The third-order valence-corrected chi connectivity index (χ3v) is 1.21. The van der Waals surface area contributed by atoms with E-state index in [4.69, 9.17) is 5.73 Å². The lowest BCUT2D eigenvalue weighted by molar-refractivity contribution is -0.403. The second-order valence-electron chi connectivity index (χ2n) is 2.23. The van der Waals surface area contributed by atoms with Crippen LogP contribution in [-0.2, 0) is 0 Å². The molecule has 3 N–H and O–H groups in total. The maximum Gasteiger partial charge on any atom is 0.274 e. The Morgan fingerprint density at radius 3 is 2.77 bits per heavy atom. The minimum Gasteiger partial charge on any atom is -0.380 e. The molecule has 0 saturated heterocycles. The van der Waals surface area contributed by atoms with E-state index in [0.29, 0.717) is 11.9 Å². The summed E-state index contributed by atoms with van der Waals surface area (Å²) in [5.41, 5.74) is 5.95. The molecule has 0 radical (unpaired) electrons. The Balaban J connectivity index is 2.65. The van der Waals surface area contributed by atoms with Gasteiger partial charge in [-0.1, -0.05) is 0 Å². The fraction of sp³-hybridized carbons (Fsp3) is 0. The molecule has 68 valence electrons. The first-order valence-electron chi connectivity index (χ1n) is 3.46. The molecule has 1 heterocycles. The van der Waals surface area contributed by atoms with Gasteiger partial charge in [-0.2, -0.15) is 0 Å². The molecule has 0 aliphatic heterocycles. The predicted octanol–water partition coefficient (Wildman–Crippen LogP) is 0.528. The van der Waals surface area contributed by atoms with E-state index in [2.05, 4.69) is 10.3 Å². The van der Waals surface area contributed by atoms with Crippen molar-refractivity contribution in [3.05, 3.63) is 46.7 Å². The van der Waals surface area contributed by atoms with Crippen molar-refractivity contribution in [3.8, 4) is 0 Å². The molecule has 1 rings (SSSR count). The van der Waals surface area contributed by atoms with E-state index in [1.807, 2.05) is 0 Å². The zero-order chi connectivity index (χ0) is 9.68. The number of nitrogens with zero attached hydrogens (tertiary/aromatic N) is 2. The van der Waals surface area contributed by atoms with Crippen molar-refractivity contribution in [2.24, 2.45) is 5.73 Å². The van der Waals surface area contributed by atoms with Crippen molar-refractivity contribution < 1.29 is 4.92 Å². The summed E-state index contributed by atoms with van der Waals surface area (Å²) in [4.78, 5) is 13.2. The number of hydrogen-bond acceptors (Lipinski definition) is 5. The number of pyridine rings is 1. The number of nitro groups is 1. The first-order chi connectivity index (χ1) is 6.18. The fourth-order valence-corrected chi connectivity index (χ4v) is 0.748. The largest absolute Gasteiger partial charge is 0.380 e. The molecule has 0 unspecified atom stereocenters. The number of nitrogens with one attached hydrogen (secondary N) is 1. The van der Waals surface area contributed by atoms with Crippen molar-refractivity contribution >= 4 is 5.69 Å². The summed E-state index contributed by atoms with van der Waals surface area (Å²) in [7, 11) is 0. The van der Waals surface area contributed by atoms with Gasteiger partial charge in [0.25, 0.3) is 6.20 Å². The molecular weight excluding hydrogens is 172 g/mol. The fourth-order valence-electron chi connectivity index (χ4n) is 0.748. The van der Waals surface area contributed by atoms with Gasteiger partial charge in [0.15, 0.2) is 5.82 Å². The molecule has 0 bridgehead atoms. The van der Waals surface area contributed by atoms with Gasteiger partial charge >= 0.3 is 0 Å². The zero-order valence-electron chi connectivity index (χ0n) is 6.68. The number of anilines is 1. The van der Waals surface area contributed by atoms with Crippen LogP contribution in [0.4, 0.5) is 5.69 Å². The second-order valence-corrected chi connectivity index (χ2v) is 2.23. The smallest absolute Gasteiger partial charge is 0.274 e. The Hall–Kier alpha value is -2.11. The Bertz CT molecular complexity index is 323. The SMILES string of the molecule is NC(=C[N+](=O)[O-])Nc1ccncc1. The molecule has 6 nitrogen and oxygen atoms in total. The molecule has 1 aromatic rings. The lowest BCUT2D eigenvalue weighted by Gasteiger charge is -2.01. The van der Waals surface area contributed by atoms with E-state index in [9.17, 15) is 10.1 Å². The van der Waals surface area contributed by atoms with Gasteiger partial charge in [0.1, 0.15) is 0 Å². The molecule has 0 saturated carbocycles. The van der Waals surface area contributed by atoms with E-state index >= 15 is 0 Å². The first kappa shape index (κ1) is 8.98. The highest BCUT2D eigenvalue weighted by Gasteiger charge is 1.96. The first-order valence-corrected chi connectivity index (χ1v) is 3.46. The Morgan fingerprint density at radius 1 is 1.62 bits per heavy atom. The lowest BCUT2D eigenvalue weighted by Crippen LogP contribution is -2.10. The molecule has 0 aliphatic rings. The van der Waals surface area contributed by atoms with E-state index in [0.717, 1.165) is 0 Å². The molecule has 0 atom stereocenters. The molecule has 0 fully saturated rings. The summed E-state index contributed by atoms with van der Waals surface area (Å²) in [5, 5.41) is 12.6. The van der Waals surface area contributed by atoms with Crippen LogP contribution >= 0.6 is 0 Å². The van der Waals surface area contributed by atoms with E-state index in [-0.39, 0.29) is 5.82 Å². The van der Waals surface area contributed by atoms with E-state index in [1.54, 1.807) is 24.5 Å². The monoisotopic (exact) mass is 180 g/mol. The van der Waals surface area contributed by atoms with Crippen molar-refractivity contribution in [1.29, 1.82) is 0 Å². The third-order valence-electron chi connectivity index (χ3n) is 1.21. The minimum atomic E-state index is -0.622. The predicted molar refractivity (Wildman–Crippen MR) is 47.1 cm³/mol. The van der Waals surface area contributed by atoms with Crippen LogP contribution in [0.5, 0.6) is 0 Å². The molecule has 13 heavy (non-hydrogen) atoms. The van der Waals surface area contributed by atoms with Crippen molar-refractivity contribution in [2.45, 2.75) is 0 Å². The second kappa shape index (κ2) is 4.05. The number of aromatic nitrogens is 1. The van der Waals surface area contributed by atoms with Gasteiger partial charge in [0.2, 0.25) is 0 Å². The van der Waals surface area contributed by atoms with E-state index < -0.39 is 4.92 Å². The van der Waals surface area contributed by atoms with Gasteiger partial charge < -0.3 is 11.1 Å². The van der Waals surface area contributed by atoms with Crippen LogP contribution in [-0.4, -0.2) is 9.91 Å². The van der Waals surface area contributed by atoms with Crippen LogP contribution in [0.15, 0.2) is 36.5 Å². The van der Waals surface area contributed by atoms with Crippen LogP contribution in [0, 0.1) is 10.1 Å². The average molecular weight is 180 g/mol. The molecule has 0 amide bonds. The molecule has 0 aliphatic carbocycles. The van der Waals surface area contributed by atoms with Crippen LogP contribution in [0.3, 0.4) is 0 Å². The Labute approximate surface area is 74.2 Å². The summed E-state index contributed by atoms with van der Waals surface area (Å²) < 4.78 is 0. The number of nitrogens with two attached hydrogens (primary N) is 1. The van der Waals surface area contributed by atoms with E-state index in [1.165, 1.54) is 0 Å². The molecular formula is C7H8N4O2. The summed E-state index contributed by atoms with van der Waals surface area (Å²) in [6.45, 7) is 0. The standard InChI is InChI=1S/C7H8N4O2/c8-7(5-11(12)13)10-6-1-3-9-4-2-6/h1-5H,8H2,(H,9,10). The van der Waals surface area contributed by atoms with Crippen LogP contribution in [0.2, 0.25) is 0 Å². The third kappa shape index (κ3) is 3.19. The Morgan fingerprint density at radius 2 is 2.23 bits per heavy atom. The summed E-state index contributed by atoms with van der Waals surface area (Å²) in [6.07, 6.45) is 3.81. The summed E-state index contributed by atoms with van der Waals surface area (Å²) in [5.74, 6) is -0.0174. The van der Waals surface area contributed by atoms with Crippen molar-refractivity contribution in [2.75, 3.05) is 5.32 Å². The quantitative estimate of drug-likeness (QED) is 0.522. The lowest BCUT2D eigenvalue weighted by atomic mass is 10.4. The molecule has 0 aromatic carbocycles. The highest BCUT2D eigenvalue weighted by molar-refractivity contribution is 5.45. The van der Waals surface area contributed by atoms with Gasteiger partial charge in [-0.05, 0) is 12.1 Å². The highest BCUT2D eigenvalue weighted by atomic mass is 16.6. The van der Waals surface area contributed by atoms with Gasteiger partial charge in [-0.25, -0.2) is 0 Å². The van der Waals surface area contributed by atoms with Crippen LogP contribution in [0.1, 0.15) is 0 Å². The summed E-state index contributed by atoms with van der Waals surface area (Å²) >= 11 is 0. The zero-order valence-corrected chi connectivity index (χ0v) is 6.68. The molecule has 0 spiro atoms. The van der Waals surface area contributed by atoms with Crippen LogP contribution < -0.4 is 11.1 Å². The van der Waals surface area contributed by atoms with Crippen molar-refractivity contribution in [1.82, 2.24) is 4.98 Å². The number of rotatable bonds is 3. The Kier molecular flexibility index (Phi) is 2.80. The van der Waals surface area contributed by atoms with Crippen LogP contribution in [0.25, 0.3) is 0 Å². The van der Waals surface area contributed by atoms with Crippen molar-refractivity contribution in [3.63, 3.8) is 0 Å². The summed E-state index contributed by atoms with van der Waals surface area (Å²) in [6, 6.07) is 3.31. The normalized spacial score (nSPS) is 10.9. The average Bonchev–Trinajstić information content (AvgIpc) is 2.04. The van der Waals surface area contributed by atoms with Gasteiger partial charge in [-0.15, -0.1) is 0 Å². The molecule has 1 aromatic heterocycles. The highest BCUT2D eigenvalue weighted by Crippen LogP contribution is 2.04. The van der Waals surface area contributed by atoms with Gasteiger partial charge in [0, 0.05) is 18.1 Å². The van der Waals surface area contributed by atoms with Gasteiger partial charge in [-0.3, -0.25) is 15.1 Å². The minimum absolute atomic E-state index is 0.0174. The molecule has 6 heteroatoms. The van der Waals surface area contributed by atoms with Gasteiger partial charge in [0.05, 0.1) is 4.92 Å². The maximum atomic E-state index is 10.00. The topological polar surface area (TPSA) is 94.1 Å².